The Hall–Kier alpha value is -2.59. The maximum absolute atomic E-state index is 13.1. The fourth-order valence-electron chi connectivity index (χ4n) is 3.88. The summed E-state index contributed by atoms with van der Waals surface area (Å²) in [5, 5.41) is 3.74. The van der Waals surface area contributed by atoms with Crippen LogP contribution >= 0.6 is 11.3 Å². The zero-order valence-electron chi connectivity index (χ0n) is 19.2. The third-order valence-electron chi connectivity index (χ3n) is 5.51. The minimum Gasteiger partial charge on any atom is -0.480 e. The lowest BCUT2D eigenvalue weighted by Crippen LogP contribution is -2.24. The van der Waals surface area contributed by atoms with Gasteiger partial charge in [-0.3, -0.25) is 4.79 Å². The zero-order chi connectivity index (χ0) is 23.2. The molecule has 1 fully saturated rings. The summed E-state index contributed by atoms with van der Waals surface area (Å²) in [7, 11) is 3.14. The first kappa shape index (κ1) is 23.6. The highest BCUT2D eigenvalue weighted by Gasteiger charge is 2.21. The molecule has 1 unspecified atom stereocenters. The monoisotopic (exact) mass is 471 g/mol. The number of carbonyl (C=O) groups is 1. The van der Waals surface area contributed by atoms with Crippen molar-refractivity contribution in [2.24, 2.45) is 0 Å². The number of aromatic nitrogens is 2. The van der Waals surface area contributed by atoms with Crippen molar-refractivity contribution in [1.29, 1.82) is 0 Å². The molecule has 4 rings (SSSR count). The van der Waals surface area contributed by atoms with Crippen molar-refractivity contribution in [2.75, 3.05) is 32.8 Å². The Morgan fingerprint density at radius 2 is 2.12 bits per heavy atom. The van der Waals surface area contributed by atoms with Gasteiger partial charge in [-0.2, -0.15) is 4.98 Å². The number of hydrogen-bond acceptors (Lipinski definition) is 8. The quantitative estimate of drug-likeness (QED) is 0.491. The van der Waals surface area contributed by atoms with Crippen molar-refractivity contribution in [3.8, 4) is 5.88 Å². The standard InChI is InChI=1S/C24H29N3O5S/c1-15-20-23(30-3)26-19(14-29-2)27-24(20)33-21(15)22(28)25-17-8-6-7-16(11-17)12-31-13-18-9-4-5-10-32-18/h6-8,11,18H,4-5,9-10,12-14H2,1-3H3,(H,25,28). The van der Waals surface area contributed by atoms with Gasteiger partial charge in [0, 0.05) is 19.4 Å². The minimum absolute atomic E-state index is 0.182. The number of fused-ring (bicyclic) bond motifs is 1. The van der Waals surface area contributed by atoms with Crippen molar-refractivity contribution < 1.29 is 23.7 Å². The number of thiophene rings is 1. The third kappa shape index (κ3) is 5.67. The Labute approximate surface area is 197 Å². The number of hydrogen-bond donors (Lipinski definition) is 1. The number of aryl methyl sites for hydroxylation is 1. The highest BCUT2D eigenvalue weighted by molar-refractivity contribution is 7.20. The Morgan fingerprint density at radius 3 is 2.88 bits per heavy atom. The molecule has 0 saturated carbocycles. The van der Waals surface area contributed by atoms with Crippen LogP contribution in [0.3, 0.4) is 0 Å². The van der Waals surface area contributed by atoms with E-state index in [-0.39, 0.29) is 18.6 Å². The van der Waals surface area contributed by atoms with Crippen LogP contribution in [0.5, 0.6) is 5.88 Å². The zero-order valence-corrected chi connectivity index (χ0v) is 20.0. The number of benzene rings is 1. The largest absolute Gasteiger partial charge is 0.480 e. The van der Waals surface area contributed by atoms with Crippen LogP contribution in [0.4, 0.5) is 5.69 Å². The van der Waals surface area contributed by atoms with Crippen molar-refractivity contribution in [1.82, 2.24) is 9.97 Å². The molecular formula is C24H29N3O5S. The molecule has 0 aliphatic carbocycles. The van der Waals surface area contributed by atoms with E-state index in [9.17, 15) is 4.79 Å². The van der Waals surface area contributed by atoms with Crippen LogP contribution in [0.15, 0.2) is 24.3 Å². The average molecular weight is 472 g/mol. The Kier molecular flexibility index (Phi) is 7.87. The number of nitrogens with zero attached hydrogens (tertiary/aromatic N) is 2. The molecule has 0 radical (unpaired) electrons. The van der Waals surface area contributed by atoms with Gasteiger partial charge in [-0.1, -0.05) is 12.1 Å². The van der Waals surface area contributed by atoms with E-state index < -0.39 is 0 Å². The van der Waals surface area contributed by atoms with Gasteiger partial charge in [-0.25, -0.2) is 4.98 Å². The molecule has 1 aromatic carbocycles. The van der Waals surface area contributed by atoms with Crippen molar-refractivity contribution >= 4 is 33.1 Å². The molecular weight excluding hydrogens is 442 g/mol. The molecule has 1 N–H and O–H groups in total. The molecule has 0 bridgehead atoms. The van der Waals surface area contributed by atoms with Crippen LogP contribution < -0.4 is 10.1 Å². The van der Waals surface area contributed by atoms with Gasteiger partial charge >= 0.3 is 0 Å². The van der Waals surface area contributed by atoms with Crippen LogP contribution in [0, 0.1) is 6.92 Å². The van der Waals surface area contributed by atoms with Crippen LogP contribution in [-0.2, 0) is 27.4 Å². The fraction of sp³-hybridized carbons (Fsp3) is 0.458. The van der Waals surface area contributed by atoms with Crippen molar-refractivity contribution in [3.05, 3.63) is 46.1 Å². The molecule has 1 aliphatic heterocycles. The summed E-state index contributed by atoms with van der Waals surface area (Å²) in [5.74, 6) is 0.766. The molecule has 1 amide bonds. The molecule has 3 heterocycles. The number of anilines is 1. The SMILES string of the molecule is COCc1nc(OC)c2c(C)c(C(=O)Nc3cccc(COCC4CCCCO4)c3)sc2n1. The summed E-state index contributed by atoms with van der Waals surface area (Å²) in [6, 6.07) is 7.69. The molecule has 33 heavy (non-hydrogen) atoms. The van der Waals surface area contributed by atoms with Crippen LogP contribution in [0.25, 0.3) is 10.2 Å². The van der Waals surface area contributed by atoms with E-state index in [4.69, 9.17) is 18.9 Å². The Balaban J connectivity index is 1.45. The van der Waals surface area contributed by atoms with Crippen molar-refractivity contribution in [2.45, 2.75) is 45.5 Å². The Morgan fingerprint density at radius 1 is 1.24 bits per heavy atom. The first-order valence-corrected chi connectivity index (χ1v) is 11.8. The first-order chi connectivity index (χ1) is 16.1. The second-order valence-corrected chi connectivity index (χ2v) is 8.98. The summed E-state index contributed by atoms with van der Waals surface area (Å²) in [4.78, 5) is 23.3. The number of rotatable bonds is 9. The fourth-order valence-corrected chi connectivity index (χ4v) is 4.96. The van der Waals surface area contributed by atoms with E-state index in [2.05, 4.69) is 15.3 Å². The molecule has 1 atom stereocenters. The Bertz CT molecular complexity index is 1110. The number of amides is 1. The van der Waals surface area contributed by atoms with Crippen molar-refractivity contribution in [3.63, 3.8) is 0 Å². The third-order valence-corrected chi connectivity index (χ3v) is 6.69. The number of ether oxygens (including phenoxy) is 4. The first-order valence-electron chi connectivity index (χ1n) is 11.0. The van der Waals surface area contributed by atoms with Gasteiger partial charge < -0.3 is 24.3 Å². The lowest BCUT2D eigenvalue weighted by molar-refractivity contribution is -0.0447. The number of methoxy groups -OCH3 is 2. The maximum atomic E-state index is 13.1. The minimum atomic E-state index is -0.195. The number of carbonyl (C=O) groups excluding carboxylic acids is 1. The smallest absolute Gasteiger partial charge is 0.266 e. The highest BCUT2D eigenvalue weighted by atomic mass is 32.1. The highest BCUT2D eigenvalue weighted by Crippen LogP contribution is 2.35. The van der Waals surface area contributed by atoms with E-state index in [0.717, 1.165) is 36.0 Å². The topological polar surface area (TPSA) is 91.8 Å². The van der Waals surface area contributed by atoms with E-state index in [0.29, 0.717) is 40.3 Å². The van der Waals surface area contributed by atoms with Gasteiger partial charge in [0.1, 0.15) is 11.4 Å². The summed E-state index contributed by atoms with van der Waals surface area (Å²) < 4.78 is 22.1. The molecule has 1 saturated heterocycles. The summed E-state index contributed by atoms with van der Waals surface area (Å²) in [6.07, 6.45) is 3.55. The second-order valence-electron chi connectivity index (χ2n) is 7.98. The van der Waals surface area contributed by atoms with Gasteiger partial charge in [0.15, 0.2) is 5.82 Å². The van der Waals surface area contributed by atoms with E-state index in [1.807, 2.05) is 31.2 Å². The lowest BCUT2D eigenvalue weighted by Gasteiger charge is -2.22. The normalized spacial score (nSPS) is 16.2. The van der Waals surface area contributed by atoms with Gasteiger partial charge in [0.2, 0.25) is 5.88 Å². The van der Waals surface area contributed by atoms with Crippen LogP contribution in [0.1, 0.15) is 45.9 Å². The van der Waals surface area contributed by atoms with E-state index in [1.165, 1.54) is 17.8 Å². The summed E-state index contributed by atoms with van der Waals surface area (Å²) >= 11 is 1.32. The summed E-state index contributed by atoms with van der Waals surface area (Å²) in [5.41, 5.74) is 2.50. The van der Waals surface area contributed by atoms with Gasteiger partial charge in [0.25, 0.3) is 5.91 Å². The lowest BCUT2D eigenvalue weighted by atomic mass is 10.1. The second kappa shape index (κ2) is 11.0. The molecule has 1 aliphatic rings. The predicted octanol–water partition coefficient (Wildman–Crippen LogP) is 4.49. The van der Waals surface area contributed by atoms with Gasteiger partial charge in [-0.15, -0.1) is 11.3 Å². The van der Waals surface area contributed by atoms with Gasteiger partial charge in [0.05, 0.1) is 36.7 Å². The number of nitrogens with one attached hydrogen (secondary N) is 1. The molecule has 9 heteroatoms. The molecule has 176 valence electrons. The van der Waals surface area contributed by atoms with E-state index >= 15 is 0 Å². The molecule has 2 aromatic heterocycles. The molecule has 0 spiro atoms. The molecule has 3 aromatic rings. The molecule has 8 nitrogen and oxygen atoms in total. The van der Waals surface area contributed by atoms with Crippen LogP contribution in [0.2, 0.25) is 0 Å². The predicted molar refractivity (Wildman–Crippen MR) is 127 cm³/mol. The average Bonchev–Trinajstić information content (AvgIpc) is 3.16. The van der Waals surface area contributed by atoms with Crippen LogP contribution in [-0.4, -0.2) is 49.4 Å². The maximum Gasteiger partial charge on any atom is 0.266 e. The summed E-state index contributed by atoms with van der Waals surface area (Å²) in [6.45, 7) is 4.03. The van der Waals surface area contributed by atoms with E-state index in [1.54, 1.807) is 14.2 Å². The van der Waals surface area contributed by atoms with Gasteiger partial charge in [-0.05, 0) is 49.4 Å².